The van der Waals surface area contributed by atoms with Crippen LogP contribution in [0.1, 0.15) is 25.7 Å². The molecule has 2 fully saturated rings. The number of nitrogens with zero attached hydrogens (tertiary/aromatic N) is 3. The molecule has 0 atom stereocenters. The Morgan fingerprint density at radius 2 is 1.87 bits per heavy atom. The summed E-state index contributed by atoms with van der Waals surface area (Å²) in [5, 5.41) is 0.607. The molecule has 0 bridgehead atoms. The van der Waals surface area contributed by atoms with Gasteiger partial charge in [-0.25, -0.2) is 8.78 Å². The van der Waals surface area contributed by atoms with Crippen molar-refractivity contribution in [2.45, 2.75) is 31.6 Å². The second kappa shape index (κ2) is 6.59. The number of carbonyl (C=O) groups excluding carboxylic acids is 1. The van der Waals surface area contributed by atoms with E-state index in [-0.39, 0.29) is 37.8 Å². The Hall–Kier alpha value is -1.43. The van der Waals surface area contributed by atoms with Crippen LogP contribution in [0.4, 0.5) is 14.5 Å². The quantitative estimate of drug-likeness (QED) is 0.827. The maximum Gasteiger partial charge on any atom is 0.251 e. The molecule has 3 heterocycles. The Kier molecular flexibility index (Phi) is 4.71. The van der Waals surface area contributed by atoms with Crippen LogP contribution in [0.5, 0.6) is 0 Å². The molecule has 4 nitrogen and oxygen atoms in total. The van der Waals surface area contributed by atoms with Crippen molar-refractivity contribution in [1.82, 2.24) is 9.88 Å². The van der Waals surface area contributed by atoms with Gasteiger partial charge in [0.2, 0.25) is 5.91 Å². The minimum Gasteiger partial charge on any atom is -0.370 e. The van der Waals surface area contributed by atoms with Crippen LogP contribution in [0.15, 0.2) is 18.5 Å². The Labute approximate surface area is 139 Å². The van der Waals surface area contributed by atoms with Gasteiger partial charge in [0.1, 0.15) is 0 Å². The molecular formula is C16H20ClF2N3O. The zero-order chi connectivity index (χ0) is 16.4. The number of hydrogen-bond acceptors (Lipinski definition) is 3. The van der Waals surface area contributed by atoms with Gasteiger partial charge < -0.3 is 9.80 Å². The molecular weight excluding hydrogens is 324 g/mol. The zero-order valence-corrected chi connectivity index (χ0v) is 13.6. The van der Waals surface area contributed by atoms with Gasteiger partial charge in [0, 0.05) is 57.3 Å². The number of likely N-dealkylation sites (tertiary alicyclic amines) is 1. The molecule has 3 rings (SSSR count). The summed E-state index contributed by atoms with van der Waals surface area (Å²) in [6.45, 7) is 1.82. The SMILES string of the molecule is O=C(C1CCN(c2ccncc2Cl)CC1)N1CCC(F)(F)CC1. The lowest BCUT2D eigenvalue weighted by Gasteiger charge is -2.38. The molecule has 0 N–H and O–H groups in total. The average Bonchev–Trinajstić information content (AvgIpc) is 2.55. The number of aromatic nitrogens is 1. The van der Waals surface area contributed by atoms with Crippen molar-refractivity contribution in [1.29, 1.82) is 0 Å². The number of carbonyl (C=O) groups is 1. The molecule has 7 heteroatoms. The predicted octanol–water partition coefficient (Wildman–Crippen LogP) is 3.21. The summed E-state index contributed by atoms with van der Waals surface area (Å²) >= 11 is 6.15. The first-order valence-corrected chi connectivity index (χ1v) is 8.35. The molecule has 1 amide bonds. The number of piperidine rings is 2. The summed E-state index contributed by atoms with van der Waals surface area (Å²) < 4.78 is 26.4. The fourth-order valence-electron chi connectivity index (χ4n) is 3.30. The highest BCUT2D eigenvalue weighted by molar-refractivity contribution is 6.33. The summed E-state index contributed by atoms with van der Waals surface area (Å²) in [7, 11) is 0. The molecule has 0 spiro atoms. The second-order valence-corrected chi connectivity index (χ2v) is 6.68. The largest absolute Gasteiger partial charge is 0.370 e. The molecule has 23 heavy (non-hydrogen) atoms. The highest BCUT2D eigenvalue weighted by Crippen LogP contribution is 2.32. The molecule has 1 aromatic heterocycles. The molecule has 0 aliphatic carbocycles. The molecule has 0 saturated carbocycles. The lowest BCUT2D eigenvalue weighted by Crippen LogP contribution is -2.47. The van der Waals surface area contributed by atoms with Crippen LogP contribution in [0.2, 0.25) is 5.02 Å². The van der Waals surface area contributed by atoms with Gasteiger partial charge in [-0.2, -0.15) is 0 Å². The Morgan fingerprint density at radius 3 is 2.48 bits per heavy atom. The van der Waals surface area contributed by atoms with E-state index < -0.39 is 5.92 Å². The molecule has 0 radical (unpaired) electrons. The fraction of sp³-hybridized carbons (Fsp3) is 0.625. The van der Waals surface area contributed by atoms with Crippen LogP contribution in [-0.4, -0.2) is 47.9 Å². The average molecular weight is 344 g/mol. The summed E-state index contributed by atoms with van der Waals surface area (Å²) in [6, 6.07) is 1.87. The number of hydrogen-bond donors (Lipinski definition) is 0. The summed E-state index contributed by atoms with van der Waals surface area (Å²) in [4.78, 5) is 20.2. The van der Waals surface area contributed by atoms with Gasteiger partial charge >= 0.3 is 0 Å². The minimum atomic E-state index is -2.61. The normalized spacial score (nSPS) is 22.2. The zero-order valence-electron chi connectivity index (χ0n) is 12.9. The third kappa shape index (κ3) is 3.74. The van der Waals surface area contributed by atoms with Crippen molar-refractivity contribution < 1.29 is 13.6 Å². The standard InChI is InChI=1S/C16H20ClF2N3O/c17-13-11-20-6-1-14(13)21-7-2-12(3-8-21)15(23)22-9-4-16(18,19)5-10-22/h1,6,11-12H,2-5,7-10H2. The van der Waals surface area contributed by atoms with Crippen molar-refractivity contribution in [2.24, 2.45) is 5.92 Å². The Bertz CT molecular complexity index is 566. The predicted molar refractivity (Wildman–Crippen MR) is 84.9 cm³/mol. The summed E-state index contributed by atoms with van der Waals surface area (Å²) in [5.41, 5.74) is 0.935. The van der Waals surface area contributed by atoms with E-state index in [0.717, 1.165) is 31.6 Å². The van der Waals surface area contributed by atoms with Gasteiger partial charge in [0.05, 0.1) is 10.7 Å². The highest BCUT2D eigenvalue weighted by atomic mass is 35.5. The topological polar surface area (TPSA) is 36.4 Å². The van der Waals surface area contributed by atoms with Crippen molar-refractivity contribution in [3.8, 4) is 0 Å². The van der Waals surface area contributed by atoms with Crippen molar-refractivity contribution >= 4 is 23.2 Å². The molecule has 2 aliphatic rings. The van der Waals surface area contributed by atoms with Gasteiger partial charge in [0.15, 0.2) is 0 Å². The summed E-state index contributed by atoms with van der Waals surface area (Å²) in [5.74, 6) is -2.65. The third-order valence-corrected chi connectivity index (χ3v) is 5.03. The van der Waals surface area contributed by atoms with Gasteiger partial charge in [-0.05, 0) is 18.9 Å². The Balaban J connectivity index is 1.55. The van der Waals surface area contributed by atoms with Gasteiger partial charge in [-0.1, -0.05) is 11.6 Å². The van der Waals surface area contributed by atoms with E-state index in [9.17, 15) is 13.6 Å². The first-order chi connectivity index (χ1) is 11.0. The van der Waals surface area contributed by atoms with Crippen LogP contribution in [-0.2, 0) is 4.79 Å². The molecule has 2 saturated heterocycles. The lowest BCUT2D eigenvalue weighted by atomic mass is 9.93. The maximum atomic E-state index is 13.2. The minimum absolute atomic E-state index is 0.0287. The molecule has 1 aromatic rings. The molecule has 126 valence electrons. The molecule has 2 aliphatic heterocycles. The third-order valence-electron chi connectivity index (χ3n) is 4.74. The first kappa shape index (κ1) is 16.4. The molecule has 0 aromatic carbocycles. The number of pyridine rings is 1. The van der Waals surface area contributed by atoms with Crippen LogP contribution in [0.3, 0.4) is 0 Å². The number of rotatable bonds is 2. The van der Waals surface area contributed by atoms with E-state index in [1.54, 1.807) is 17.3 Å². The van der Waals surface area contributed by atoms with Crippen molar-refractivity contribution in [2.75, 3.05) is 31.1 Å². The number of alkyl halides is 2. The van der Waals surface area contributed by atoms with E-state index >= 15 is 0 Å². The Morgan fingerprint density at radius 1 is 1.22 bits per heavy atom. The van der Waals surface area contributed by atoms with E-state index in [0.29, 0.717) is 5.02 Å². The van der Waals surface area contributed by atoms with Gasteiger partial charge in [-0.3, -0.25) is 9.78 Å². The lowest BCUT2D eigenvalue weighted by molar-refractivity contribution is -0.142. The molecule has 0 unspecified atom stereocenters. The number of anilines is 1. The fourth-order valence-corrected chi connectivity index (χ4v) is 3.54. The number of amides is 1. The monoisotopic (exact) mass is 343 g/mol. The second-order valence-electron chi connectivity index (χ2n) is 6.27. The van der Waals surface area contributed by atoms with Crippen molar-refractivity contribution in [3.05, 3.63) is 23.5 Å². The van der Waals surface area contributed by atoms with Crippen LogP contribution in [0, 0.1) is 5.92 Å². The van der Waals surface area contributed by atoms with E-state index in [1.165, 1.54) is 0 Å². The van der Waals surface area contributed by atoms with Crippen LogP contribution < -0.4 is 4.90 Å². The number of halogens is 3. The van der Waals surface area contributed by atoms with Crippen molar-refractivity contribution in [3.63, 3.8) is 0 Å². The smallest absolute Gasteiger partial charge is 0.251 e. The van der Waals surface area contributed by atoms with Gasteiger partial charge in [-0.15, -0.1) is 0 Å². The maximum absolute atomic E-state index is 13.2. The van der Waals surface area contributed by atoms with Crippen LogP contribution in [0.25, 0.3) is 0 Å². The first-order valence-electron chi connectivity index (χ1n) is 7.97. The van der Waals surface area contributed by atoms with E-state index in [2.05, 4.69) is 9.88 Å². The van der Waals surface area contributed by atoms with Crippen LogP contribution >= 0.6 is 11.6 Å². The van der Waals surface area contributed by atoms with Gasteiger partial charge in [0.25, 0.3) is 5.92 Å². The van der Waals surface area contributed by atoms with E-state index in [4.69, 9.17) is 11.6 Å². The summed E-state index contributed by atoms with van der Waals surface area (Å²) in [6.07, 6.45) is 4.33. The van der Waals surface area contributed by atoms with E-state index in [1.807, 2.05) is 6.07 Å². The highest BCUT2D eigenvalue weighted by Gasteiger charge is 2.37.